The van der Waals surface area contributed by atoms with E-state index >= 15 is 0 Å². The Morgan fingerprint density at radius 3 is 2.91 bits per heavy atom. The highest BCUT2D eigenvalue weighted by Gasteiger charge is 2.18. The highest BCUT2D eigenvalue weighted by molar-refractivity contribution is 8.17. The van der Waals surface area contributed by atoms with E-state index in [1.165, 1.54) is 11.8 Å². The molecule has 9 heteroatoms. The first kappa shape index (κ1) is 23.4. The van der Waals surface area contributed by atoms with Crippen LogP contribution in [0.25, 0.3) is 0 Å². The van der Waals surface area contributed by atoms with E-state index in [2.05, 4.69) is 26.9 Å². The maximum atomic E-state index is 12.8. The smallest absolute Gasteiger partial charge is 0.253 e. The molecular weight excluding hydrogens is 446 g/mol. The average Bonchev–Trinajstić information content (AvgIpc) is 3.16. The van der Waals surface area contributed by atoms with Gasteiger partial charge in [-0.2, -0.15) is 10.4 Å². The number of thioether (sulfide) groups is 1. The van der Waals surface area contributed by atoms with Crippen LogP contribution < -0.4 is 10.7 Å². The number of amides is 1. The van der Waals surface area contributed by atoms with E-state index in [1.807, 2.05) is 35.2 Å². The minimum absolute atomic E-state index is 0.0486. The summed E-state index contributed by atoms with van der Waals surface area (Å²) < 4.78 is 0. The molecule has 2 heterocycles. The zero-order valence-electron chi connectivity index (χ0n) is 18.6. The Labute approximate surface area is 203 Å². The van der Waals surface area contributed by atoms with Crippen molar-refractivity contribution in [2.45, 2.75) is 12.8 Å². The van der Waals surface area contributed by atoms with Gasteiger partial charge in [-0.25, -0.2) is 4.99 Å². The van der Waals surface area contributed by atoms with E-state index in [0.717, 1.165) is 40.7 Å². The van der Waals surface area contributed by atoms with Crippen molar-refractivity contribution < 1.29 is 4.79 Å². The molecule has 3 N–H and O–H groups in total. The third kappa shape index (κ3) is 5.98. The number of nitriles is 1. The number of benzene rings is 2. The van der Waals surface area contributed by atoms with Crippen LogP contribution in [-0.4, -0.2) is 54.1 Å². The molecule has 34 heavy (non-hydrogen) atoms. The summed E-state index contributed by atoms with van der Waals surface area (Å²) in [6.07, 6.45) is 4.53. The fourth-order valence-corrected chi connectivity index (χ4v) is 4.46. The number of hydrazone groups is 1. The van der Waals surface area contributed by atoms with Crippen molar-refractivity contribution in [1.29, 1.82) is 10.7 Å². The van der Waals surface area contributed by atoms with Crippen LogP contribution in [0.15, 0.2) is 69.7 Å². The molecule has 1 saturated heterocycles. The van der Waals surface area contributed by atoms with Gasteiger partial charge in [-0.3, -0.25) is 15.6 Å². The fourth-order valence-electron chi connectivity index (χ4n) is 3.65. The summed E-state index contributed by atoms with van der Waals surface area (Å²) in [5, 5.41) is 26.9. The number of carbonyl (C=O) groups is 1. The molecule has 0 saturated carbocycles. The molecule has 0 spiro atoms. The average molecular weight is 472 g/mol. The number of rotatable bonds is 5. The Morgan fingerprint density at radius 2 is 2.09 bits per heavy atom. The second-order valence-electron chi connectivity index (χ2n) is 7.79. The second-order valence-corrected chi connectivity index (χ2v) is 8.82. The first-order valence-corrected chi connectivity index (χ1v) is 11.9. The lowest BCUT2D eigenvalue weighted by Gasteiger charge is -2.20. The van der Waals surface area contributed by atoms with E-state index in [4.69, 9.17) is 5.41 Å². The third-order valence-electron chi connectivity index (χ3n) is 5.41. The molecule has 0 radical (unpaired) electrons. The Hall–Kier alpha value is -3.74. The van der Waals surface area contributed by atoms with Gasteiger partial charge in [-0.15, -0.1) is 0 Å². The van der Waals surface area contributed by atoms with Gasteiger partial charge in [0.15, 0.2) is 0 Å². The number of hydrogen-bond acceptors (Lipinski definition) is 7. The Bertz CT molecular complexity index is 1190. The van der Waals surface area contributed by atoms with E-state index in [9.17, 15) is 10.1 Å². The summed E-state index contributed by atoms with van der Waals surface area (Å²) in [6, 6.07) is 17.2. The van der Waals surface area contributed by atoms with Gasteiger partial charge >= 0.3 is 0 Å². The van der Waals surface area contributed by atoms with Crippen molar-refractivity contribution in [3.63, 3.8) is 0 Å². The summed E-state index contributed by atoms with van der Waals surface area (Å²) in [4.78, 5) is 18.8. The normalized spacial score (nSPS) is 17.2. The lowest BCUT2D eigenvalue weighted by Crippen LogP contribution is -2.34. The molecule has 2 aliphatic heterocycles. The van der Waals surface area contributed by atoms with Crippen LogP contribution in [-0.2, 0) is 6.42 Å². The predicted octanol–water partition coefficient (Wildman–Crippen LogP) is 3.12. The molecular formula is C25H25N7OS. The molecule has 0 atom stereocenters. The first-order chi connectivity index (χ1) is 16.6. The van der Waals surface area contributed by atoms with Gasteiger partial charge in [0, 0.05) is 49.5 Å². The highest BCUT2D eigenvalue weighted by atomic mass is 32.2. The van der Waals surface area contributed by atoms with Crippen LogP contribution >= 0.6 is 11.8 Å². The Balaban J connectivity index is 1.35. The minimum atomic E-state index is -0.0486. The second kappa shape index (κ2) is 11.4. The Morgan fingerprint density at radius 1 is 1.24 bits per heavy atom. The molecule has 8 nitrogen and oxygen atoms in total. The number of nitrogens with zero attached hydrogens (tertiary/aromatic N) is 4. The molecule has 1 fully saturated rings. The van der Waals surface area contributed by atoms with E-state index in [1.54, 1.807) is 30.5 Å². The highest BCUT2D eigenvalue weighted by Crippen LogP contribution is 2.25. The predicted molar refractivity (Wildman–Crippen MR) is 136 cm³/mol. The molecule has 0 aromatic heterocycles. The van der Waals surface area contributed by atoms with E-state index in [-0.39, 0.29) is 11.7 Å². The maximum Gasteiger partial charge on any atom is 0.253 e. The molecule has 0 bridgehead atoms. The van der Waals surface area contributed by atoms with Crippen LogP contribution in [0.4, 0.5) is 0 Å². The zero-order valence-corrected chi connectivity index (χ0v) is 19.4. The van der Waals surface area contributed by atoms with Gasteiger partial charge in [0.25, 0.3) is 5.91 Å². The van der Waals surface area contributed by atoms with E-state index < -0.39 is 0 Å². The largest absolute Gasteiger partial charge is 0.337 e. The van der Waals surface area contributed by atoms with Crippen molar-refractivity contribution in [3.05, 3.63) is 81.9 Å². The van der Waals surface area contributed by atoms with Crippen LogP contribution in [0.5, 0.6) is 0 Å². The van der Waals surface area contributed by atoms with E-state index in [0.29, 0.717) is 30.6 Å². The topological polar surface area (TPSA) is 117 Å². The third-order valence-corrected chi connectivity index (χ3v) is 6.36. The van der Waals surface area contributed by atoms with Crippen LogP contribution in [0.1, 0.15) is 33.5 Å². The lowest BCUT2D eigenvalue weighted by molar-refractivity contribution is 0.0766. The Kier molecular flexibility index (Phi) is 7.86. The molecule has 1 amide bonds. The molecule has 2 aromatic carbocycles. The summed E-state index contributed by atoms with van der Waals surface area (Å²) in [7, 11) is 0. The summed E-state index contributed by atoms with van der Waals surface area (Å²) in [5.41, 5.74) is 5.67. The standard InChI is InChI=1S/C25H25N7OS/c26-17-21-15-20(25(33)32-13-4-10-28-12-14-32)8-7-18(21)9-11-29-22(27)16-23-30-31-24(34-23)19-5-2-1-3-6-19/h1-3,5-8,11,15-16,27-28,30H,4,9-10,12-14H2. The van der Waals surface area contributed by atoms with Crippen molar-refractivity contribution in [2.24, 2.45) is 10.1 Å². The van der Waals surface area contributed by atoms with Crippen LogP contribution in [0.3, 0.4) is 0 Å². The SMILES string of the molecule is N#Cc1cc(C(=O)N2CCCNCC2)ccc1CC=NC(=N)C=C1NN=C(c2ccccc2)S1. The molecule has 4 rings (SSSR count). The number of nitrogens with one attached hydrogen (secondary N) is 3. The quantitative estimate of drug-likeness (QED) is 0.458. The fraction of sp³-hybridized carbons (Fsp3) is 0.240. The number of amidine groups is 1. The zero-order chi connectivity index (χ0) is 23.8. The van der Waals surface area contributed by atoms with Crippen molar-refractivity contribution >= 4 is 34.8 Å². The van der Waals surface area contributed by atoms with Gasteiger partial charge in [-0.1, -0.05) is 36.4 Å². The summed E-state index contributed by atoms with van der Waals surface area (Å²) in [6.45, 7) is 3.07. The van der Waals surface area contributed by atoms with Gasteiger partial charge in [0.05, 0.1) is 16.7 Å². The summed E-state index contributed by atoms with van der Waals surface area (Å²) >= 11 is 1.45. The van der Waals surface area contributed by atoms with Crippen molar-refractivity contribution in [1.82, 2.24) is 15.6 Å². The molecule has 2 aromatic rings. The number of carbonyl (C=O) groups excluding carboxylic acids is 1. The maximum absolute atomic E-state index is 12.8. The molecule has 2 aliphatic rings. The van der Waals surface area contributed by atoms with Crippen LogP contribution in [0, 0.1) is 16.7 Å². The lowest BCUT2D eigenvalue weighted by atomic mass is 10.0. The van der Waals surface area contributed by atoms with Crippen molar-refractivity contribution in [2.75, 3.05) is 26.2 Å². The minimum Gasteiger partial charge on any atom is -0.337 e. The van der Waals surface area contributed by atoms with Crippen molar-refractivity contribution in [3.8, 4) is 6.07 Å². The van der Waals surface area contributed by atoms with Crippen LogP contribution in [0.2, 0.25) is 0 Å². The summed E-state index contributed by atoms with van der Waals surface area (Å²) in [5.74, 6) is 0.0343. The molecule has 0 aliphatic carbocycles. The van der Waals surface area contributed by atoms with Gasteiger partial charge in [0.2, 0.25) is 0 Å². The molecule has 172 valence electrons. The monoisotopic (exact) mass is 471 g/mol. The van der Waals surface area contributed by atoms with Gasteiger partial charge in [0.1, 0.15) is 10.9 Å². The van der Waals surface area contributed by atoms with Gasteiger partial charge in [-0.05, 0) is 42.4 Å². The molecule has 0 unspecified atom stereocenters. The number of hydrogen-bond donors (Lipinski definition) is 3. The first-order valence-electron chi connectivity index (χ1n) is 11.1. The van der Waals surface area contributed by atoms with Gasteiger partial charge < -0.3 is 10.2 Å². The number of aliphatic imine (C=N–C) groups is 1.